The smallest absolute Gasteiger partial charge is 0.310 e. The van der Waals surface area contributed by atoms with Crippen molar-refractivity contribution in [3.8, 4) is 5.75 Å². The molecular weight excluding hydrogens is 226 g/mol. The Labute approximate surface area is 97.3 Å². The van der Waals surface area contributed by atoms with Crippen molar-refractivity contribution in [3.63, 3.8) is 0 Å². The van der Waals surface area contributed by atoms with Gasteiger partial charge in [-0.25, -0.2) is 0 Å². The number of aromatic hydroxyl groups is 1. The fraction of sp³-hybridized carbons (Fsp3) is 0.182. The molecule has 1 aromatic carbocycles. The molecule has 90 valence electrons. The predicted octanol–water partition coefficient (Wildman–Crippen LogP) is 1.92. The van der Waals surface area contributed by atoms with E-state index in [1.54, 1.807) is 12.1 Å². The van der Waals surface area contributed by atoms with E-state index in [0.29, 0.717) is 12.0 Å². The van der Waals surface area contributed by atoms with Crippen LogP contribution in [0.1, 0.15) is 12.5 Å². The second-order valence-corrected chi connectivity index (χ2v) is 3.27. The Kier molecular flexibility index (Phi) is 4.21. The summed E-state index contributed by atoms with van der Waals surface area (Å²) in [5, 5.41) is 19.8. The Hall–Kier alpha value is -2.37. The van der Waals surface area contributed by atoms with E-state index in [1.165, 1.54) is 25.3 Å². The molecule has 0 unspecified atom stereocenters. The lowest BCUT2D eigenvalue weighted by molar-refractivity contribution is -0.385. The van der Waals surface area contributed by atoms with Crippen molar-refractivity contribution >= 4 is 11.7 Å². The summed E-state index contributed by atoms with van der Waals surface area (Å²) in [5.74, 6) is -0.805. The molecule has 0 aliphatic carbocycles. The van der Waals surface area contributed by atoms with Gasteiger partial charge in [0.25, 0.3) is 0 Å². The number of allylic oxidation sites excluding steroid dienone is 1. The standard InChI is InChI=1S/C11H11NO5/c1-8(13)17-6-2-3-9-4-5-11(14)10(7-9)12(15)16/h2,4-7,14H,3H2,1H3. The number of ether oxygens (including phenoxy) is 1. The molecule has 0 bridgehead atoms. The van der Waals surface area contributed by atoms with Crippen molar-refractivity contribution in [1.29, 1.82) is 0 Å². The molecule has 1 rings (SSSR count). The number of benzene rings is 1. The predicted molar refractivity (Wildman–Crippen MR) is 59.4 cm³/mol. The third-order valence-corrected chi connectivity index (χ3v) is 1.92. The largest absolute Gasteiger partial charge is 0.502 e. The summed E-state index contributed by atoms with van der Waals surface area (Å²) in [6.45, 7) is 1.27. The van der Waals surface area contributed by atoms with Crippen LogP contribution in [-0.4, -0.2) is 16.0 Å². The first-order valence-electron chi connectivity index (χ1n) is 4.79. The number of hydrogen-bond acceptors (Lipinski definition) is 5. The zero-order chi connectivity index (χ0) is 12.8. The van der Waals surface area contributed by atoms with Gasteiger partial charge in [-0.05, 0) is 24.1 Å². The van der Waals surface area contributed by atoms with Crippen LogP contribution < -0.4 is 0 Å². The second-order valence-electron chi connectivity index (χ2n) is 3.27. The summed E-state index contributed by atoms with van der Waals surface area (Å²) in [5.41, 5.74) is 0.293. The van der Waals surface area contributed by atoms with Gasteiger partial charge in [0, 0.05) is 13.0 Å². The third-order valence-electron chi connectivity index (χ3n) is 1.92. The van der Waals surface area contributed by atoms with E-state index in [2.05, 4.69) is 4.74 Å². The SMILES string of the molecule is CC(=O)OC=CCc1ccc(O)c([N+](=O)[O-])c1. The van der Waals surface area contributed by atoms with Crippen LogP contribution in [0.4, 0.5) is 5.69 Å². The molecule has 0 fully saturated rings. The van der Waals surface area contributed by atoms with Gasteiger partial charge in [-0.15, -0.1) is 0 Å². The number of carbonyl (C=O) groups is 1. The van der Waals surface area contributed by atoms with Gasteiger partial charge >= 0.3 is 11.7 Å². The summed E-state index contributed by atoms with van der Waals surface area (Å²) >= 11 is 0. The van der Waals surface area contributed by atoms with Gasteiger partial charge in [-0.1, -0.05) is 6.07 Å². The van der Waals surface area contributed by atoms with E-state index in [0.717, 1.165) is 0 Å². The maximum absolute atomic E-state index is 10.6. The van der Waals surface area contributed by atoms with Crippen LogP contribution in [0.5, 0.6) is 5.75 Å². The Bertz CT molecular complexity index is 467. The molecule has 1 aromatic rings. The van der Waals surface area contributed by atoms with Crippen molar-refractivity contribution in [1.82, 2.24) is 0 Å². The van der Waals surface area contributed by atoms with Crippen LogP contribution >= 0.6 is 0 Å². The molecule has 0 heterocycles. The molecule has 0 spiro atoms. The molecule has 6 heteroatoms. The summed E-state index contributed by atoms with van der Waals surface area (Å²) in [6.07, 6.45) is 3.15. The van der Waals surface area contributed by atoms with Gasteiger partial charge in [0.1, 0.15) is 0 Å². The molecule has 17 heavy (non-hydrogen) atoms. The molecule has 0 amide bonds. The van der Waals surface area contributed by atoms with Crippen LogP contribution in [0.15, 0.2) is 30.5 Å². The average Bonchev–Trinajstić information content (AvgIpc) is 2.25. The first kappa shape index (κ1) is 12.7. The van der Waals surface area contributed by atoms with Crippen LogP contribution in [0.3, 0.4) is 0 Å². The second kappa shape index (κ2) is 5.64. The Balaban J connectivity index is 2.73. The Morgan fingerprint density at radius 3 is 2.88 bits per heavy atom. The first-order chi connectivity index (χ1) is 8.00. The highest BCUT2D eigenvalue weighted by Gasteiger charge is 2.12. The lowest BCUT2D eigenvalue weighted by atomic mass is 10.1. The highest BCUT2D eigenvalue weighted by molar-refractivity contribution is 5.66. The minimum Gasteiger partial charge on any atom is -0.502 e. The van der Waals surface area contributed by atoms with E-state index < -0.39 is 10.9 Å². The molecule has 0 atom stereocenters. The highest BCUT2D eigenvalue weighted by Crippen LogP contribution is 2.26. The molecule has 0 saturated carbocycles. The molecule has 6 nitrogen and oxygen atoms in total. The number of nitro groups is 1. The Morgan fingerprint density at radius 1 is 1.59 bits per heavy atom. The number of nitro benzene ring substituents is 1. The van der Waals surface area contributed by atoms with Crippen molar-refractivity contribution in [2.75, 3.05) is 0 Å². The summed E-state index contributed by atoms with van der Waals surface area (Å²) in [4.78, 5) is 20.3. The lowest BCUT2D eigenvalue weighted by Gasteiger charge is -1.99. The number of hydrogen-bond donors (Lipinski definition) is 1. The van der Waals surface area contributed by atoms with Crippen molar-refractivity contribution in [2.45, 2.75) is 13.3 Å². The third kappa shape index (κ3) is 3.94. The number of nitrogens with zero attached hydrogens (tertiary/aromatic N) is 1. The maximum atomic E-state index is 10.6. The van der Waals surface area contributed by atoms with E-state index in [-0.39, 0.29) is 11.4 Å². The zero-order valence-corrected chi connectivity index (χ0v) is 9.12. The van der Waals surface area contributed by atoms with E-state index in [1.807, 2.05) is 0 Å². The van der Waals surface area contributed by atoms with Gasteiger partial charge in [0.15, 0.2) is 5.75 Å². The van der Waals surface area contributed by atoms with Crippen LogP contribution in [0.25, 0.3) is 0 Å². The quantitative estimate of drug-likeness (QED) is 0.374. The molecule has 1 N–H and O–H groups in total. The molecule has 0 radical (unpaired) electrons. The maximum Gasteiger partial charge on any atom is 0.310 e. The number of esters is 1. The minimum absolute atomic E-state index is 0.344. The molecule has 0 aliphatic heterocycles. The van der Waals surface area contributed by atoms with Gasteiger partial charge in [0.05, 0.1) is 11.2 Å². The first-order valence-corrected chi connectivity index (χ1v) is 4.79. The van der Waals surface area contributed by atoms with Gasteiger partial charge in [-0.3, -0.25) is 14.9 Å². The van der Waals surface area contributed by atoms with Gasteiger partial charge in [-0.2, -0.15) is 0 Å². The monoisotopic (exact) mass is 237 g/mol. The number of rotatable bonds is 4. The minimum atomic E-state index is -0.658. The fourth-order valence-corrected chi connectivity index (χ4v) is 1.17. The van der Waals surface area contributed by atoms with Gasteiger partial charge < -0.3 is 9.84 Å². The van der Waals surface area contributed by atoms with Crippen LogP contribution in [0, 0.1) is 10.1 Å². The normalized spacial score (nSPS) is 10.4. The Morgan fingerprint density at radius 2 is 2.29 bits per heavy atom. The average molecular weight is 237 g/mol. The summed E-state index contributed by atoms with van der Waals surface area (Å²) in [7, 11) is 0. The van der Waals surface area contributed by atoms with Crippen LogP contribution in [0.2, 0.25) is 0 Å². The molecule has 0 aromatic heterocycles. The molecular formula is C11H11NO5. The van der Waals surface area contributed by atoms with E-state index >= 15 is 0 Å². The van der Waals surface area contributed by atoms with Crippen molar-refractivity contribution in [2.24, 2.45) is 0 Å². The molecule has 0 saturated heterocycles. The van der Waals surface area contributed by atoms with E-state index in [9.17, 15) is 20.0 Å². The number of phenolic OH excluding ortho intramolecular Hbond substituents is 1. The highest BCUT2D eigenvalue weighted by atomic mass is 16.6. The van der Waals surface area contributed by atoms with E-state index in [4.69, 9.17) is 0 Å². The van der Waals surface area contributed by atoms with Crippen molar-refractivity contribution < 1.29 is 19.6 Å². The summed E-state index contributed by atoms with van der Waals surface area (Å²) in [6, 6.07) is 4.08. The molecule has 0 aliphatic rings. The summed E-state index contributed by atoms with van der Waals surface area (Å²) < 4.78 is 4.56. The zero-order valence-electron chi connectivity index (χ0n) is 9.12. The fourth-order valence-electron chi connectivity index (χ4n) is 1.17. The van der Waals surface area contributed by atoms with Gasteiger partial charge in [0.2, 0.25) is 0 Å². The topological polar surface area (TPSA) is 89.7 Å². The number of phenols is 1. The lowest BCUT2D eigenvalue weighted by Crippen LogP contribution is -1.92. The number of carbonyl (C=O) groups excluding carboxylic acids is 1. The van der Waals surface area contributed by atoms with Crippen molar-refractivity contribution in [3.05, 3.63) is 46.2 Å². The van der Waals surface area contributed by atoms with Crippen LogP contribution in [-0.2, 0) is 16.0 Å².